The van der Waals surface area contributed by atoms with Crippen molar-refractivity contribution in [3.05, 3.63) is 69.9 Å². The van der Waals surface area contributed by atoms with E-state index >= 15 is 0 Å². The Labute approximate surface area is 261 Å². The molecule has 3 aliphatic rings. The van der Waals surface area contributed by atoms with Gasteiger partial charge in [0, 0.05) is 41.6 Å². The van der Waals surface area contributed by atoms with E-state index in [1.165, 1.54) is 11.8 Å². The normalized spacial score (nSPS) is 19.4. The van der Waals surface area contributed by atoms with E-state index in [0.29, 0.717) is 45.4 Å². The van der Waals surface area contributed by atoms with Crippen molar-refractivity contribution in [3.63, 3.8) is 0 Å². The van der Waals surface area contributed by atoms with Crippen LogP contribution in [0, 0.1) is 5.41 Å². The molecule has 1 aromatic heterocycles. The van der Waals surface area contributed by atoms with Gasteiger partial charge in [-0.2, -0.15) is 4.98 Å². The SMILES string of the molecule is COc1cc(C2C3=C(CC(C)(C)CC3=O)Nc3nc(SCc4ccccc4Cl)nn32)ccc1OCC(=O)N1CCCCC1. The minimum atomic E-state index is -0.491. The van der Waals surface area contributed by atoms with Gasteiger partial charge in [-0.05, 0) is 60.4 Å². The van der Waals surface area contributed by atoms with E-state index in [4.69, 9.17) is 31.2 Å². The van der Waals surface area contributed by atoms with Gasteiger partial charge in [0.1, 0.15) is 6.04 Å². The van der Waals surface area contributed by atoms with E-state index in [1.54, 1.807) is 17.9 Å². The molecule has 11 heteroatoms. The molecule has 9 nitrogen and oxygen atoms in total. The summed E-state index contributed by atoms with van der Waals surface area (Å²) in [7, 11) is 1.57. The Hall–Kier alpha value is -3.50. The van der Waals surface area contributed by atoms with Crippen molar-refractivity contribution in [2.75, 3.05) is 32.1 Å². The Bertz CT molecular complexity index is 1580. The number of aromatic nitrogens is 3. The highest BCUT2D eigenvalue weighted by Gasteiger charge is 2.42. The summed E-state index contributed by atoms with van der Waals surface area (Å²) in [5.41, 5.74) is 3.21. The average molecular weight is 622 g/mol. The van der Waals surface area contributed by atoms with Gasteiger partial charge in [0.15, 0.2) is 23.9 Å². The summed E-state index contributed by atoms with van der Waals surface area (Å²) in [4.78, 5) is 33.0. The number of rotatable bonds is 8. The molecule has 1 unspecified atom stereocenters. The van der Waals surface area contributed by atoms with E-state index in [1.807, 2.05) is 41.3 Å². The molecule has 0 radical (unpaired) electrons. The second kappa shape index (κ2) is 12.2. The summed E-state index contributed by atoms with van der Waals surface area (Å²) < 4.78 is 13.4. The van der Waals surface area contributed by atoms with Crippen molar-refractivity contribution >= 4 is 41.0 Å². The molecule has 2 aromatic carbocycles. The quantitative estimate of drug-likeness (QED) is 0.293. The van der Waals surface area contributed by atoms with Crippen molar-refractivity contribution in [1.29, 1.82) is 0 Å². The van der Waals surface area contributed by atoms with E-state index in [9.17, 15) is 9.59 Å². The number of carbonyl (C=O) groups excluding carboxylic acids is 2. The Balaban J connectivity index is 1.30. The number of likely N-dealkylation sites (tertiary alicyclic amines) is 1. The van der Waals surface area contributed by atoms with Crippen LogP contribution in [0.2, 0.25) is 5.02 Å². The Morgan fingerprint density at radius 1 is 1.12 bits per heavy atom. The molecule has 0 saturated carbocycles. The molecule has 2 aliphatic heterocycles. The lowest BCUT2D eigenvalue weighted by molar-refractivity contribution is -0.134. The summed E-state index contributed by atoms with van der Waals surface area (Å²) in [6.45, 7) is 5.71. The number of hydrogen-bond acceptors (Lipinski definition) is 8. The third-order valence-electron chi connectivity index (χ3n) is 8.19. The maximum absolute atomic E-state index is 13.7. The lowest BCUT2D eigenvalue weighted by atomic mass is 9.73. The lowest BCUT2D eigenvalue weighted by Gasteiger charge is -2.38. The van der Waals surface area contributed by atoms with Gasteiger partial charge in [-0.1, -0.05) is 61.5 Å². The predicted molar refractivity (Wildman–Crippen MR) is 167 cm³/mol. The number of ketones is 1. The molecule has 1 N–H and O–H groups in total. The van der Waals surface area contributed by atoms with E-state index in [-0.39, 0.29) is 23.7 Å². The maximum Gasteiger partial charge on any atom is 0.260 e. The number of thioether (sulfide) groups is 1. The summed E-state index contributed by atoms with van der Waals surface area (Å²) in [5, 5.41) is 9.57. The van der Waals surface area contributed by atoms with Gasteiger partial charge >= 0.3 is 0 Å². The number of halogens is 1. The van der Waals surface area contributed by atoms with Crippen molar-refractivity contribution in [1.82, 2.24) is 19.7 Å². The Morgan fingerprint density at radius 3 is 2.67 bits per heavy atom. The fourth-order valence-corrected chi connectivity index (χ4v) is 7.18. The molecule has 1 amide bonds. The number of methoxy groups -OCH3 is 1. The maximum atomic E-state index is 13.7. The fraction of sp³-hybridized carbons (Fsp3) is 0.438. The molecule has 1 atom stereocenters. The Morgan fingerprint density at radius 2 is 1.91 bits per heavy atom. The summed E-state index contributed by atoms with van der Waals surface area (Å²) in [5.74, 6) is 2.23. The van der Waals surface area contributed by atoms with Crippen LogP contribution < -0.4 is 14.8 Å². The number of nitrogens with one attached hydrogen (secondary N) is 1. The molecule has 1 aliphatic carbocycles. The van der Waals surface area contributed by atoms with Gasteiger partial charge in [-0.25, -0.2) is 4.68 Å². The zero-order valence-electron chi connectivity index (χ0n) is 24.7. The number of allylic oxidation sites excluding steroid dienone is 2. The number of Topliss-reactive ketones (excluding diaryl/α,β-unsaturated/α-hetero) is 1. The third-order valence-corrected chi connectivity index (χ3v) is 9.45. The molecule has 1 saturated heterocycles. The van der Waals surface area contributed by atoms with Crippen LogP contribution in [-0.4, -0.2) is 58.2 Å². The first-order chi connectivity index (χ1) is 20.7. The number of fused-ring (bicyclic) bond motifs is 1. The van der Waals surface area contributed by atoms with Crippen LogP contribution in [0.4, 0.5) is 5.95 Å². The molecular weight excluding hydrogens is 586 g/mol. The van der Waals surface area contributed by atoms with Crippen LogP contribution in [0.3, 0.4) is 0 Å². The number of anilines is 1. The first kappa shape index (κ1) is 29.6. The number of piperidine rings is 1. The second-order valence-corrected chi connectivity index (χ2v) is 13.4. The molecule has 43 heavy (non-hydrogen) atoms. The van der Waals surface area contributed by atoms with Crippen molar-refractivity contribution < 1.29 is 19.1 Å². The summed E-state index contributed by atoms with van der Waals surface area (Å²) >= 11 is 7.87. The van der Waals surface area contributed by atoms with Gasteiger partial charge in [0.05, 0.1) is 7.11 Å². The highest BCUT2D eigenvalue weighted by atomic mass is 35.5. The van der Waals surface area contributed by atoms with Crippen LogP contribution in [0.25, 0.3) is 0 Å². The smallest absolute Gasteiger partial charge is 0.260 e. The second-order valence-electron chi connectivity index (χ2n) is 12.0. The molecular formula is C32H36ClN5O4S. The standard InChI is InChI=1S/C32H36ClN5O4S/c1-32(2)16-23-28(24(39)17-32)29(38-30(34-23)35-31(36-38)43-19-21-9-5-6-10-22(21)33)20-11-12-25(26(15-20)41-3)42-18-27(40)37-13-7-4-8-14-37/h5-6,9-12,15,29H,4,7-8,13-14,16-19H2,1-3H3,(H,34,35,36). The van der Waals surface area contributed by atoms with E-state index in [0.717, 1.165) is 55.6 Å². The van der Waals surface area contributed by atoms with Crippen LogP contribution in [0.15, 0.2) is 58.9 Å². The topological polar surface area (TPSA) is 98.6 Å². The summed E-state index contributed by atoms with van der Waals surface area (Å²) in [6, 6.07) is 12.8. The van der Waals surface area contributed by atoms with Gasteiger partial charge in [0.2, 0.25) is 11.1 Å². The minimum absolute atomic E-state index is 0.0246. The third kappa shape index (κ3) is 6.26. The van der Waals surface area contributed by atoms with Crippen LogP contribution in [0.5, 0.6) is 11.5 Å². The van der Waals surface area contributed by atoms with Gasteiger partial charge in [0.25, 0.3) is 5.91 Å². The fourth-order valence-electron chi connectivity index (χ4n) is 6.06. The van der Waals surface area contributed by atoms with Gasteiger partial charge in [-0.3, -0.25) is 9.59 Å². The molecule has 1 fully saturated rings. The molecule has 226 valence electrons. The molecule has 3 heterocycles. The molecule has 6 rings (SSSR count). The Kier molecular flexibility index (Phi) is 8.42. The number of nitrogens with zero attached hydrogens (tertiary/aromatic N) is 4. The lowest BCUT2D eigenvalue weighted by Crippen LogP contribution is -2.38. The van der Waals surface area contributed by atoms with Crippen molar-refractivity contribution in [3.8, 4) is 11.5 Å². The average Bonchev–Trinajstić information content (AvgIpc) is 3.40. The molecule has 0 bridgehead atoms. The van der Waals surface area contributed by atoms with E-state index in [2.05, 4.69) is 19.2 Å². The van der Waals surface area contributed by atoms with Gasteiger partial charge < -0.3 is 19.7 Å². The van der Waals surface area contributed by atoms with Crippen LogP contribution in [0.1, 0.15) is 63.1 Å². The molecule has 0 spiro atoms. The largest absolute Gasteiger partial charge is 0.493 e. The highest BCUT2D eigenvalue weighted by Crippen LogP contribution is 2.46. The van der Waals surface area contributed by atoms with Crippen LogP contribution in [-0.2, 0) is 15.3 Å². The predicted octanol–water partition coefficient (Wildman–Crippen LogP) is 6.28. The van der Waals surface area contributed by atoms with Crippen LogP contribution >= 0.6 is 23.4 Å². The van der Waals surface area contributed by atoms with Gasteiger partial charge in [-0.15, -0.1) is 5.10 Å². The monoisotopic (exact) mass is 621 g/mol. The van der Waals surface area contributed by atoms with E-state index < -0.39 is 6.04 Å². The molecule has 3 aromatic rings. The first-order valence-electron chi connectivity index (χ1n) is 14.7. The number of amides is 1. The van der Waals surface area contributed by atoms with Crippen molar-refractivity contribution in [2.24, 2.45) is 5.41 Å². The minimum Gasteiger partial charge on any atom is -0.493 e. The zero-order valence-corrected chi connectivity index (χ0v) is 26.3. The highest BCUT2D eigenvalue weighted by molar-refractivity contribution is 7.98. The number of ether oxygens (including phenoxy) is 2. The number of benzene rings is 2. The zero-order chi connectivity index (χ0) is 30.1. The summed E-state index contributed by atoms with van der Waals surface area (Å²) in [6.07, 6.45) is 4.37. The number of carbonyl (C=O) groups is 2. The van der Waals surface area contributed by atoms with Crippen molar-refractivity contribution in [2.45, 2.75) is 62.9 Å². The number of hydrogen-bond donors (Lipinski definition) is 1. The first-order valence-corrected chi connectivity index (χ1v) is 16.0.